The van der Waals surface area contributed by atoms with Gasteiger partial charge in [0.05, 0.1) is 26.4 Å². The van der Waals surface area contributed by atoms with Crippen molar-refractivity contribution in [3.05, 3.63) is 107 Å². The molecule has 5 heteroatoms. The molecule has 0 aliphatic rings. The van der Waals surface area contributed by atoms with Crippen LogP contribution in [0.5, 0.6) is 5.75 Å². The van der Waals surface area contributed by atoms with Gasteiger partial charge < -0.3 is 14.2 Å². The lowest BCUT2D eigenvalue weighted by molar-refractivity contribution is -0.140. The summed E-state index contributed by atoms with van der Waals surface area (Å²) in [4.78, 5) is 23.3. The Bertz CT molecular complexity index is 1180. The van der Waals surface area contributed by atoms with Gasteiger partial charge >= 0.3 is 11.9 Å². The van der Waals surface area contributed by atoms with E-state index >= 15 is 0 Å². The number of esters is 2. The molecule has 1 unspecified atom stereocenters. The molecule has 3 aromatic carbocycles. The second-order valence-electron chi connectivity index (χ2n) is 10.1. The summed E-state index contributed by atoms with van der Waals surface area (Å²) in [7, 11) is 2.82. The first-order valence-corrected chi connectivity index (χ1v) is 14.3. The lowest BCUT2D eigenvalue weighted by Crippen LogP contribution is -2.05. The summed E-state index contributed by atoms with van der Waals surface area (Å²) in [6, 6.07) is 26.3. The van der Waals surface area contributed by atoms with E-state index in [1.807, 2.05) is 54.6 Å². The number of aryl methyl sites for hydroxylation is 1. The Morgan fingerprint density at radius 2 is 1.57 bits per heavy atom. The average Bonchev–Trinajstić information content (AvgIpc) is 3.00. The van der Waals surface area contributed by atoms with Crippen LogP contribution in [0.2, 0.25) is 0 Å². The van der Waals surface area contributed by atoms with Crippen LogP contribution >= 0.6 is 0 Å². The van der Waals surface area contributed by atoms with Gasteiger partial charge in [0, 0.05) is 6.42 Å². The molecule has 1 atom stereocenters. The van der Waals surface area contributed by atoms with Crippen molar-refractivity contribution in [3.8, 4) is 5.75 Å². The maximum absolute atomic E-state index is 11.8. The smallest absolute Gasteiger partial charge is 0.337 e. The predicted octanol–water partition coefficient (Wildman–Crippen LogP) is 7.87. The molecule has 0 heterocycles. The van der Waals surface area contributed by atoms with Gasteiger partial charge in [-0.15, -0.1) is 0 Å². The highest BCUT2D eigenvalue weighted by molar-refractivity contribution is 5.89. The van der Waals surface area contributed by atoms with E-state index in [-0.39, 0.29) is 11.9 Å². The molecule has 0 aliphatic carbocycles. The van der Waals surface area contributed by atoms with Crippen molar-refractivity contribution in [1.29, 1.82) is 0 Å². The van der Waals surface area contributed by atoms with Crippen molar-refractivity contribution in [2.75, 3.05) is 20.8 Å². The number of methoxy groups -OCH3 is 2. The molecule has 0 spiro atoms. The number of hydrogen-bond donors (Lipinski definition) is 0. The number of rotatable bonds is 17. The minimum absolute atomic E-state index is 0.161. The van der Waals surface area contributed by atoms with Crippen LogP contribution < -0.4 is 4.74 Å². The van der Waals surface area contributed by atoms with Crippen LogP contribution in [0.25, 0.3) is 6.08 Å². The Morgan fingerprint density at radius 3 is 2.33 bits per heavy atom. The van der Waals surface area contributed by atoms with Crippen molar-refractivity contribution in [2.45, 2.75) is 57.8 Å². The van der Waals surface area contributed by atoms with E-state index in [4.69, 9.17) is 14.2 Å². The Kier molecular flexibility index (Phi) is 13.6. The minimum Gasteiger partial charge on any atom is -0.494 e. The topological polar surface area (TPSA) is 61.8 Å². The van der Waals surface area contributed by atoms with Crippen LogP contribution in [0.15, 0.2) is 84.9 Å². The zero-order chi connectivity index (χ0) is 28.4. The third-order valence-electron chi connectivity index (χ3n) is 6.94. The van der Waals surface area contributed by atoms with Gasteiger partial charge in [-0.1, -0.05) is 73.2 Å². The van der Waals surface area contributed by atoms with Gasteiger partial charge in [0.15, 0.2) is 0 Å². The molecule has 0 saturated carbocycles. The predicted molar refractivity (Wildman–Crippen MR) is 160 cm³/mol. The maximum Gasteiger partial charge on any atom is 0.337 e. The molecule has 0 fully saturated rings. The van der Waals surface area contributed by atoms with Gasteiger partial charge in [0.1, 0.15) is 5.75 Å². The monoisotopic (exact) mass is 542 g/mol. The number of ether oxygens (including phenoxy) is 3. The fraction of sp³-hybridized carbons (Fsp3) is 0.371. The highest BCUT2D eigenvalue weighted by atomic mass is 16.5. The molecule has 212 valence electrons. The highest BCUT2D eigenvalue weighted by Crippen LogP contribution is 2.21. The fourth-order valence-electron chi connectivity index (χ4n) is 4.66. The number of allylic oxidation sites excluding steroid dienone is 1. The van der Waals surface area contributed by atoms with Gasteiger partial charge in [-0.2, -0.15) is 0 Å². The van der Waals surface area contributed by atoms with Crippen LogP contribution in [-0.4, -0.2) is 32.8 Å². The Labute approximate surface area is 239 Å². The molecule has 3 aromatic rings. The number of carbonyl (C=O) groups is 2. The van der Waals surface area contributed by atoms with Crippen LogP contribution in [0.1, 0.15) is 72.0 Å². The summed E-state index contributed by atoms with van der Waals surface area (Å²) in [5.41, 5.74) is 4.27. The summed E-state index contributed by atoms with van der Waals surface area (Å²) in [5, 5.41) is 0. The second kappa shape index (κ2) is 17.7. The summed E-state index contributed by atoms with van der Waals surface area (Å²) in [5.74, 6) is 0.758. The molecular formula is C35H42O5. The van der Waals surface area contributed by atoms with Crippen LogP contribution in [0, 0.1) is 5.92 Å². The molecule has 0 N–H and O–H groups in total. The van der Waals surface area contributed by atoms with Crippen LogP contribution in [-0.2, 0) is 27.1 Å². The van der Waals surface area contributed by atoms with Gasteiger partial charge in [-0.05, 0) is 91.8 Å². The number of carbonyl (C=O) groups excluding carboxylic acids is 2. The van der Waals surface area contributed by atoms with Crippen molar-refractivity contribution >= 4 is 18.0 Å². The summed E-state index contributed by atoms with van der Waals surface area (Å²) in [6.45, 7) is 0.749. The lowest BCUT2D eigenvalue weighted by atomic mass is 9.92. The molecule has 0 saturated heterocycles. The zero-order valence-electron chi connectivity index (χ0n) is 23.8. The van der Waals surface area contributed by atoms with Crippen LogP contribution in [0.4, 0.5) is 0 Å². The fourth-order valence-corrected chi connectivity index (χ4v) is 4.66. The van der Waals surface area contributed by atoms with Gasteiger partial charge in [0.2, 0.25) is 0 Å². The van der Waals surface area contributed by atoms with Crippen molar-refractivity contribution in [2.24, 2.45) is 5.92 Å². The molecule has 0 aromatic heterocycles. The molecule has 3 rings (SSSR count). The molecule has 5 nitrogen and oxygen atoms in total. The third-order valence-corrected chi connectivity index (χ3v) is 6.94. The molecule has 0 bridgehead atoms. The van der Waals surface area contributed by atoms with E-state index in [0.29, 0.717) is 17.9 Å². The first-order chi connectivity index (χ1) is 19.6. The first-order valence-electron chi connectivity index (χ1n) is 14.3. The number of benzene rings is 3. The Morgan fingerprint density at radius 1 is 0.775 bits per heavy atom. The van der Waals surface area contributed by atoms with Gasteiger partial charge in [0.25, 0.3) is 0 Å². The van der Waals surface area contributed by atoms with E-state index in [0.717, 1.165) is 63.7 Å². The SMILES string of the molecule is COC(=O)CCCCC(/C=C/c1cccc(CCCCCOc2ccccc2)c1)Cc1ccc(C(=O)OC)cc1. The maximum atomic E-state index is 11.8. The number of para-hydroxylation sites is 1. The van der Waals surface area contributed by atoms with E-state index in [2.05, 4.69) is 36.4 Å². The molecular weight excluding hydrogens is 500 g/mol. The molecule has 0 radical (unpaired) electrons. The first kappa shape index (κ1) is 30.7. The van der Waals surface area contributed by atoms with E-state index in [1.165, 1.54) is 30.9 Å². The summed E-state index contributed by atoms with van der Waals surface area (Å²) < 4.78 is 15.4. The van der Waals surface area contributed by atoms with Crippen LogP contribution in [0.3, 0.4) is 0 Å². The van der Waals surface area contributed by atoms with Gasteiger partial charge in [-0.25, -0.2) is 4.79 Å². The second-order valence-corrected chi connectivity index (χ2v) is 10.1. The molecule has 0 amide bonds. The van der Waals surface area contributed by atoms with E-state index in [1.54, 1.807) is 0 Å². The third kappa shape index (κ3) is 11.5. The number of hydrogen-bond acceptors (Lipinski definition) is 5. The van der Waals surface area contributed by atoms with Gasteiger partial charge in [-0.3, -0.25) is 4.79 Å². The van der Waals surface area contributed by atoms with E-state index < -0.39 is 0 Å². The van der Waals surface area contributed by atoms with Crippen molar-refractivity contribution in [1.82, 2.24) is 0 Å². The Balaban J connectivity index is 1.52. The largest absolute Gasteiger partial charge is 0.494 e. The summed E-state index contributed by atoms with van der Waals surface area (Å²) >= 11 is 0. The summed E-state index contributed by atoms with van der Waals surface area (Å²) in [6.07, 6.45) is 12.9. The minimum atomic E-state index is -0.328. The number of unbranched alkanes of at least 4 members (excludes halogenated alkanes) is 3. The normalized spacial score (nSPS) is 11.8. The molecule has 0 aliphatic heterocycles. The van der Waals surface area contributed by atoms with E-state index in [9.17, 15) is 9.59 Å². The quantitative estimate of drug-likeness (QED) is 0.128. The average molecular weight is 543 g/mol. The highest BCUT2D eigenvalue weighted by Gasteiger charge is 2.10. The Hall–Kier alpha value is -3.86. The zero-order valence-corrected chi connectivity index (χ0v) is 23.8. The van der Waals surface area contributed by atoms with Crippen molar-refractivity contribution < 1.29 is 23.8 Å². The lowest BCUT2D eigenvalue weighted by Gasteiger charge is -2.14. The molecule has 40 heavy (non-hydrogen) atoms. The van der Waals surface area contributed by atoms with Crippen molar-refractivity contribution in [3.63, 3.8) is 0 Å². The standard InChI is InChI=1S/C35H42O5/c1-38-34(36)18-9-8-13-29(27-31-21-23-32(24-22-31)35(37)39-2)19-20-30-15-11-14-28(26-30)12-5-4-10-25-40-33-16-6-3-7-17-33/h3,6-7,11,14-17,19-24,26,29H,4-5,8-10,12-13,18,25,27H2,1-2H3/b20-19+.